The van der Waals surface area contributed by atoms with Gasteiger partial charge in [-0.1, -0.05) is 24.3 Å². The van der Waals surface area contributed by atoms with E-state index >= 15 is 0 Å². The molecule has 2 aromatic carbocycles. The molecule has 5 heteroatoms. The zero-order chi connectivity index (χ0) is 17.6. The zero-order valence-corrected chi connectivity index (χ0v) is 15.7. The summed E-state index contributed by atoms with van der Waals surface area (Å²) in [6, 6.07) is 15.8. The minimum Gasteiger partial charge on any atom is -0.378 e. The van der Waals surface area contributed by atoms with Crippen LogP contribution in [0.15, 0.2) is 48.5 Å². The molecule has 1 fully saturated rings. The van der Waals surface area contributed by atoms with Gasteiger partial charge in [0.1, 0.15) is 0 Å². The van der Waals surface area contributed by atoms with Gasteiger partial charge in [-0.05, 0) is 29.8 Å². The standard InChI is InChI=1S/C20H25N3OS/c1-22(2)18-8-5-7-16(14-18)20(24)21-19-9-4-3-6-17(19)15-23-10-12-25-13-11-23/h3-9,14H,10-13,15H2,1-2H3,(H,21,24). The second-order valence-electron chi connectivity index (χ2n) is 6.44. The van der Waals surface area contributed by atoms with E-state index in [2.05, 4.69) is 16.3 Å². The average molecular weight is 356 g/mol. The Balaban J connectivity index is 1.74. The molecule has 0 atom stereocenters. The molecule has 3 rings (SSSR count). The molecule has 0 radical (unpaired) electrons. The Labute approximate surface area is 154 Å². The van der Waals surface area contributed by atoms with Crippen molar-refractivity contribution in [3.05, 3.63) is 59.7 Å². The van der Waals surface area contributed by atoms with E-state index in [4.69, 9.17) is 0 Å². The van der Waals surface area contributed by atoms with Crippen LogP contribution in [0.25, 0.3) is 0 Å². The third-order valence-corrected chi connectivity index (χ3v) is 5.33. The fourth-order valence-corrected chi connectivity index (χ4v) is 3.88. The average Bonchev–Trinajstić information content (AvgIpc) is 2.64. The van der Waals surface area contributed by atoms with E-state index in [1.54, 1.807) is 0 Å². The molecule has 0 aromatic heterocycles. The zero-order valence-electron chi connectivity index (χ0n) is 14.9. The Morgan fingerprint density at radius 2 is 1.88 bits per heavy atom. The third kappa shape index (κ3) is 4.77. The molecule has 1 aliphatic heterocycles. The molecular weight excluding hydrogens is 330 g/mol. The largest absolute Gasteiger partial charge is 0.378 e. The molecule has 1 saturated heterocycles. The monoisotopic (exact) mass is 355 g/mol. The first-order valence-corrected chi connectivity index (χ1v) is 9.76. The molecular formula is C20H25N3OS. The lowest BCUT2D eigenvalue weighted by atomic mass is 10.1. The molecule has 25 heavy (non-hydrogen) atoms. The van der Waals surface area contributed by atoms with Gasteiger partial charge in [-0.25, -0.2) is 0 Å². The van der Waals surface area contributed by atoms with Crippen LogP contribution in [0.3, 0.4) is 0 Å². The number of amides is 1. The van der Waals surface area contributed by atoms with Gasteiger partial charge < -0.3 is 10.2 Å². The molecule has 0 unspecified atom stereocenters. The second kappa shape index (κ2) is 8.41. The summed E-state index contributed by atoms with van der Waals surface area (Å²) in [6.45, 7) is 3.10. The number of hydrogen-bond acceptors (Lipinski definition) is 4. The summed E-state index contributed by atoms with van der Waals surface area (Å²) in [4.78, 5) is 17.1. The number of thioether (sulfide) groups is 1. The van der Waals surface area contributed by atoms with E-state index < -0.39 is 0 Å². The van der Waals surface area contributed by atoms with E-state index in [0.717, 1.165) is 31.0 Å². The third-order valence-electron chi connectivity index (χ3n) is 4.39. The van der Waals surface area contributed by atoms with Crippen LogP contribution in [0.2, 0.25) is 0 Å². The van der Waals surface area contributed by atoms with Crippen LogP contribution in [-0.2, 0) is 6.54 Å². The highest BCUT2D eigenvalue weighted by Gasteiger charge is 2.14. The van der Waals surface area contributed by atoms with Gasteiger partial charge in [-0.15, -0.1) is 0 Å². The van der Waals surface area contributed by atoms with Crippen molar-refractivity contribution >= 4 is 29.0 Å². The van der Waals surface area contributed by atoms with Crippen molar-refractivity contribution in [3.8, 4) is 0 Å². The van der Waals surface area contributed by atoms with Gasteiger partial charge in [-0.2, -0.15) is 11.8 Å². The van der Waals surface area contributed by atoms with Gasteiger partial charge in [0, 0.05) is 62.2 Å². The Hall–Kier alpha value is -1.98. The van der Waals surface area contributed by atoms with Gasteiger partial charge in [-0.3, -0.25) is 9.69 Å². The molecule has 1 amide bonds. The predicted octanol–water partition coefficient (Wildman–Crippen LogP) is 3.55. The Morgan fingerprint density at radius 1 is 1.12 bits per heavy atom. The summed E-state index contributed by atoms with van der Waals surface area (Å²) < 4.78 is 0. The van der Waals surface area contributed by atoms with E-state index in [9.17, 15) is 4.79 Å². The van der Waals surface area contributed by atoms with Crippen LogP contribution in [0.1, 0.15) is 15.9 Å². The second-order valence-corrected chi connectivity index (χ2v) is 7.67. The molecule has 1 aliphatic rings. The predicted molar refractivity (Wildman–Crippen MR) is 108 cm³/mol. The maximum absolute atomic E-state index is 12.7. The van der Waals surface area contributed by atoms with Crippen LogP contribution in [-0.4, -0.2) is 49.5 Å². The summed E-state index contributed by atoms with van der Waals surface area (Å²) in [5.74, 6) is 2.31. The molecule has 0 saturated carbocycles. The van der Waals surface area contributed by atoms with E-state index in [1.165, 1.54) is 17.1 Å². The van der Waals surface area contributed by atoms with Crippen LogP contribution >= 0.6 is 11.8 Å². The van der Waals surface area contributed by atoms with Gasteiger partial charge in [0.25, 0.3) is 5.91 Å². The Bertz CT molecular complexity index is 726. The van der Waals surface area contributed by atoms with E-state index in [-0.39, 0.29) is 5.91 Å². The molecule has 4 nitrogen and oxygen atoms in total. The highest BCUT2D eigenvalue weighted by molar-refractivity contribution is 7.99. The van der Waals surface area contributed by atoms with Crippen LogP contribution in [0.4, 0.5) is 11.4 Å². The van der Waals surface area contributed by atoms with Crippen molar-refractivity contribution < 1.29 is 4.79 Å². The maximum Gasteiger partial charge on any atom is 0.255 e. The quantitative estimate of drug-likeness (QED) is 0.890. The molecule has 132 valence electrons. The van der Waals surface area contributed by atoms with Gasteiger partial charge in [0.15, 0.2) is 0 Å². The van der Waals surface area contributed by atoms with Crippen molar-refractivity contribution in [1.29, 1.82) is 0 Å². The summed E-state index contributed by atoms with van der Waals surface area (Å²) in [5, 5.41) is 3.09. The highest BCUT2D eigenvalue weighted by Crippen LogP contribution is 2.21. The molecule has 0 spiro atoms. The SMILES string of the molecule is CN(C)c1cccc(C(=O)Nc2ccccc2CN2CCSCC2)c1. The van der Waals surface area contributed by atoms with Crippen molar-refractivity contribution in [2.24, 2.45) is 0 Å². The number of rotatable bonds is 5. The minimum atomic E-state index is -0.0645. The van der Waals surface area contributed by atoms with Gasteiger partial charge in [0.2, 0.25) is 0 Å². The Morgan fingerprint density at radius 3 is 2.64 bits per heavy atom. The first kappa shape index (κ1) is 17.8. The fourth-order valence-electron chi connectivity index (χ4n) is 2.90. The number of para-hydroxylation sites is 1. The number of nitrogens with zero attached hydrogens (tertiary/aromatic N) is 2. The number of hydrogen-bond donors (Lipinski definition) is 1. The molecule has 0 aliphatic carbocycles. The minimum absolute atomic E-state index is 0.0645. The lowest BCUT2D eigenvalue weighted by Gasteiger charge is -2.27. The summed E-state index contributed by atoms with van der Waals surface area (Å²) in [7, 11) is 3.95. The van der Waals surface area contributed by atoms with Crippen LogP contribution in [0.5, 0.6) is 0 Å². The van der Waals surface area contributed by atoms with Crippen molar-refractivity contribution in [2.75, 3.05) is 48.9 Å². The van der Waals surface area contributed by atoms with Crippen molar-refractivity contribution in [3.63, 3.8) is 0 Å². The molecule has 2 aromatic rings. The lowest BCUT2D eigenvalue weighted by molar-refractivity contribution is 0.102. The lowest BCUT2D eigenvalue weighted by Crippen LogP contribution is -2.32. The van der Waals surface area contributed by atoms with Crippen LogP contribution < -0.4 is 10.2 Å². The summed E-state index contributed by atoms with van der Waals surface area (Å²) in [6.07, 6.45) is 0. The van der Waals surface area contributed by atoms with Crippen molar-refractivity contribution in [1.82, 2.24) is 4.90 Å². The highest BCUT2D eigenvalue weighted by atomic mass is 32.2. The number of carbonyl (C=O) groups excluding carboxylic acids is 1. The normalized spacial score (nSPS) is 15.0. The molecule has 0 bridgehead atoms. The van der Waals surface area contributed by atoms with E-state index in [1.807, 2.05) is 73.2 Å². The van der Waals surface area contributed by atoms with Crippen LogP contribution in [0, 0.1) is 0 Å². The number of nitrogens with one attached hydrogen (secondary N) is 1. The summed E-state index contributed by atoms with van der Waals surface area (Å²) >= 11 is 2.01. The van der Waals surface area contributed by atoms with Gasteiger partial charge in [0.05, 0.1) is 0 Å². The first-order chi connectivity index (χ1) is 12.1. The molecule has 1 heterocycles. The number of anilines is 2. The van der Waals surface area contributed by atoms with Gasteiger partial charge >= 0.3 is 0 Å². The number of carbonyl (C=O) groups is 1. The summed E-state index contributed by atoms with van der Waals surface area (Å²) in [5.41, 5.74) is 3.77. The number of benzene rings is 2. The molecule has 1 N–H and O–H groups in total. The maximum atomic E-state index is 12.7. The fraction of sp³-hybridized carbons (Fsp3) is 0.350. The topological polar surface area (TPSA) is 35.6 Å². The Kier molecular flexibility index (Phi) is 6.00. The van der Waals surface area contributed by atoms with E-state index in [0.29, 0.717) is 5.56 Å². The first-order valence-electron chi connectivity index (χ1n) is 8.60. The smallest absolute Gasteiger partial charge is 0.255 e. The van der Waals surface area contributed by atoms with Crippen molar-refractivity contribution in [2.45, 2.75) is 6.54 Å².